The van der Waals surface area contributed by atoms with Gasteiger partial charge >= 0.3 is 6.09 Å². The Morgan fingerprint density at radius 1 is 0.953 bits per heavy atom. The lowest BCUT2D eigenvalue weighted by atomic mass is 9.98. The number of alkyl carbamates (subject to hydrolysis) is 1. The SMILES string of the molecule is C=Cc1cccc(C(C(=O)Nc2ccccc2C)N(CCCCC)C(=O)C(Cc2ccccc2)NC(=O)OC(C)(C)C)c1. The fourth-order valence-electron chi connectivity index (χ4n) is 4.84. The predicted octanol–water partition coefficient (Wildman–Crippen LogP) is 7.47. The molecule has 0 aliphatic heterocycles. The number of ether oxygens (including phenoxy) is 1. The molecule has 43 heavy (non-hydrogen) atoms. The van der Waals surface area contributed by atoms with E-state index in [-0.39, 0.29) is 18.2 Å². The average molecular weight is 584 g/mol. The number of nitrogens with one attached hydrogen (secondary N) is 2. The van der Waals surface area contributed by atoms with Crippen molar-refractivity contribution in [3.05, 3.63) is 108 Å². The van der Waals surface area contributed by atoms with Crippen molar-refractivity contribution in [2.45, 2.75) is 78.0 Å². The minimum atomic E-state index is -0.963. The zero-order valence-corrected chi connectivity index (χ0v) is 26.1. The highest BCUT2D eigenvalue weighted by Crippen LogP contribution is 2.27. The molecule has 0 spiro atoms. The summed E-state index contributed by atoms with van der Waals surface area (Å²) in [4.78, 5) is 43.4. The molecule has 2 atom stereocenters. The molecule has 3 aromatic carbocycles. The molecule has 0 radical (unpaired) electrons. The molecule has 0 saturated carbocycles. The average Bonchev–Trinajstić information content (AvgIpc) is 2.97. The first-order valence-corrected chi connectivity index (χ1v) is 14.9. The van der Waals surface area contributed by atoms with Crippen molar-refractivity contribution in [1.29, 1.82) is 0 Å². The fourth-order valence-corrected chi connectivity index (χ4v) is 4.84. The first-order chi connectivity index (χ1) is 20.5. The Kier molecular flexibility index (Phi) is 12.1. The second kappa shape index (κ2) is 15.7. The number of carbonyl (C=O) groups excluding carboxylic acids is 3. The summed E-state index contributed by atoms with van der Waals surface area (Å²) in [6.45, 7) is 13.6. The first kappa shape index (κ1) is 33.1. The number of carbonyl (C=O) groups is 3. The number of benzene rings is 3. The zero-order valence-electron chi connectivity index (χ0n) is 26.1. The standard InChI is InChI=1S/C36H45N3O4/c1-7-9-15-23-39(34(41)31(25-28-18-11-10-12-19-28)38-35(42)43-36(4,5)6)32(29-21-16-20-27(8-2)24-29)33(40)37-30-22-14-13-17-26(30)3/h8,10-14,16-22,24,31-32H,2,7,9,15,23,25H2,1,3-6H3,(H,37,40)(H,38,42). The van der Waals surface area contributed by atoms with E-state index in [0.717, 1.165) is 29.5 Å². The smallest absolute Gasteiger partial charge is 0.408 e. The number of anilines is 1. The molecule has 0 heterocycles. The number of unbranched alkanes of at least 4 members (excludes halogenated alkanes) is 2. The van der Waals surface area contributed by atoms with Gasteiger partial charge in [0.15, 0.2) is 0 Å². The lowest BCUT2D eigenvalue weighted by Gasteiger charge is -2.35. The van der Waals surface area contributed by atoms with Gasteiger partial charge in [0.2, 0.25) is 5.91 Å². The highest BCUT2D eigenvalue weighted by Gasteiger charge is 2.36. The second-order valence-electron chi connectivity index (χ2n) is 11.7. The van der Waals surface area contributed by atoms with Crippen LogP contribution >= 0.6 is 0 Å². The summed E-state index contributed by atoms with van der Waals surface area (Å²) in [5, 5.41) is 5.88. The highest BCUT2D eigenvalue weighted by atomic mass is 16.6. The third-order valence-corrected chi connectivity index (χ3v) is 6.98. The largest absolute Gasteiger partial charge is 0.444 e. The van der Waals surface area contributed by atoms with Gasteiger partial charge in [0.1, 0.15) is 17.7 Å². The van der Waals surface area contributed by atoms with Crippen LogP contribution in [0.2, 0.25) is 0 Å². The van der Waals surface area contributed by atoms with Crippen molar-refractivity contribution >= 4 is 29.7 Å². The highest BCUT2D eigenvalue weighted by molar-refractivity contribution is 5.99. The first-order valence-electron chi connectivity index (χ1n) is 14.9. The Hall–Kier alpha value is -4.39. The van der Waals surface area contributed by atoms with E-state index < -0.39 is 23.8 Å². The molecule has 0 aromatic heterocycles. The summed E-state index contributed by atoms with van der Waals surface area (Å²) in [7, 11) is 0. The molecule has 3 amide bonds. The zero-order chi connectivity index (χ0) is 31.4. The van der Waals surface area contributed by atoms with Crippen molar-refractivity contribution in [3.8, 4) is 0 Å². The lowest BCUT2D eigenvalue weighted by molar-refractivity contribution is -0.140. The molecule has 2 N–H and O–H groups in total. The van der Waals surface area contributed by atoms with Gasteiger partial charge in [-0.25, -0.2) is 4.79 Å². The van der Waals surface area contributed by atoms with Crippen molar-refractivity contribution in [1.82, 2.24) is 10.2 Å². The maximum absolute atomic E-state index is 14.6. The fraction of sp³-hybridized carbons (Fsp3) is 0.361. The van der Waals surface area contributed by atoms with Crippen molar-refractivity contribution in [3.63, 3.8) is 0 Å². The molecule has 7 nitrogen and oxygen atoms in total. The molecule has 3 rings (SSSR count). The van der Waals surface area contributed by atoms with Crippen LogP contribution in [0.5, 0.6) is 0 Å². The molecule has 0 bridgehead atoms. The molecule has 0 aliphatic carbocycles. The minimum absolute atomic E-state index is 0.238. The van der Waals surface area contributed by atoms with Crippen LogP contribution < -0.4 is 10.6 Å². The predicted molar refractivity (Wildman–Crippen MR) is 174 cm³/mol. The van der Waals surface area contributed by atoms with Gasteiger partial charge in [-0.3, -0.25) is 9.59 Å². The number of nitrogens with zero attached hydrogens (tertiary/aromatic N) is 1. The molecule has 0 saturated heterocycles. The van der Waals surface area contributed by atoms with Crippen LogP contribution in [0.15, 0.2) is 85.4 Å². The van der Waals surface area contributed by atoms with E-state index in [1.165, 1.54) is 0 Å². The quantitative estimate of drug-likeness (QED) is 0.204. The maximum Gasteiger partial charge on any atom is 0.408 e. The monoisotopic (exact) mass is 583 g/mol. The van der Waals surface area contributed by atoms with Crippen molar-refractivity contribution in [2.75, 3.05) is 11.9 Å². The lowest BCUT2D eigenvalue weighted by Crippen LogP contribution is -2.53. The Labute approximate surface area is 256 Å². The minimum Gasteiger partial charge on any atom is -0.444 e. The van der Waals surface area contributed by atoms with Crippen LogP contribution in [0.3, 0.4) is 0 Å². The van der Waals surface area contributed by atoms with Gasteiger partial charge in [-0.15, -0.1) is 0 Å². The van der Waals surface area contributed by atoms with Gasteiger partial charge in [-0.05, 0) is 68.5 Å². The molecular weight excluding hydrogens is 538 g/mol. The third-order valence-electron chi connectivity index (χ3n) is 6.98. The normalized spacial score (nSPS) is 12.5. The Morgan fingerprint density at radius 2 is 1.65 bits per heavy atom. The Bertz CT molecular complexity index is 1380. The summed E-state index contributed by atoms with van der Waals surface area (Å²) < 4.78 is 5.54. The number of amides is 3. The molecule has 7 heteroatoms. The number of rotatable bonds is 13. The summed E-state index contributed by atoms with van der Waals surface area (Å²) >= 11 is 0. The van der Waals surface area contributed by atoms with E-state index in [1.807, 2.05) is 85.8 Å². The van der Waals surface area contributed by atoms with Crippen LogP contribution in [-0.4, -0.2) is 41.0 Å². The van der Waals surface area contributed by atoms with Crippen LogP contribution in [0.4, 0.5) is 10.5 Å². The van der Waals surface area contributed by atoms with Crippen molar-refractivity contribution in [2.24, 2.45) is 0 Å². The number of hydrogen-bond donors (Lipinski definition) is 2. The van der Waals surface area contributed by atoms with E-state index in [2.05, 4.69) is 24.1 Å². The molecule has 228 valence electrons. The van der Waals surface area contributed by atoms with Gasteiger partial charge < -0.3 is 20.3 Å². The van der Waals surface area contributed by atoms with Crippen molar-refractivity contribution < 1.29 is 19.1 Å². The number of hydrogen-bond acceptors (Lipinski definition) is 4. The molecular formula is C36H45N3O4. The number of aryl methyl sites for hydroxylation is 1. The van der Waals surface area contributed by atoms with E-state index in [4.69, 9.17) is 4.74 Å². The van der Waals surface area contributed by atoms with Gasteiger partial charge in [0.05, 0.1) is 0 Å². The van der Waals surface area contributed by atoms with Crippen LogP contribution in [0, 0.1) is 6.92 Å². The maximum atomic E-state index is 14.6. The van der Waals surface area contributed by atoms with E-state index >= 15 is 0 Å². The summed E-state index contributed by atoms with van der Waals surface area (Å²) in [5.74, 6) is -0.698. The molecule has 3 aromatic rings. The molecule has 0 fully saturated rings. The van der Waals surface area contributed by atoms with E-state index in [9.17, 15) is 14.4 Å². The van der Waals surface area contributed by atoms with E-state index in [1.54, 1.807) is 31.7 Å². The summed E-state index contributed by atoms with van der Waals surface area (Å²) in [6.07, 6.45) is 3.78. The van der Waals surface area contributed by atoms with Gasteiger partial charge in [0, 0.05) is 18.7 Å². The topological polar surface area (TPSA) is 87.7 Å². The molecule has 2 unspecified atom stereocenters. The Morgan fingerprint density at radius 3 is 2.30 bits per heavy atom. The Balaban J connectivity index is 2.09. The van der Waals surface area contributed by atoms with Crippen LogP contribution in [0.25, 0.3) is 6.08 Å². The summed E-state index contributed by atoms with van der Waals surface area (Å²) in [6, 6.07) is 22.6. The van der Waals surface area contributed by atoms with Gasteiger partial charge in [-0.1, -0.05) is 99.2 Å². The van der Waals surface area contributed by atoms with Gasteiger partial charge in [-0.2, -0.15) is 0 Å². The van der Waals surface area contributed by atoms with Crippen LogP contribution in [0.1, 0.15) is 75.3 Å². The number of para-hydroxylation sites is 1. The summed E-state index contributed by atoms with van der Waals surface area (Å²) in [5.41, 5.74) is 3.20. The van der Waals surface area contributed by atoms with Gasteiger partial charge in [0.25, 0.3) is 5.91 Å². The second-order valence-corrected chi connectivity index (χ2v) is 11.7. The third kappa shape index (κ3) is 10.1. The van der Waals surface area contributed by atoms with Crippen LogP contribution in [-0.2, 0) is 20.7 Å². The molecule has 0 aliphatic rings. The van der Waals surface area contributed by atoms with E-state index in [0.29, 0.717) is 24.2 Å².